The second kappa shape index (κ2) is 10.0. The first-order valence-corrected chi connectivity index (χ1v) is 11.9. The van der Waals surface area contributed by atoms with Crippen molar-refractivity contribution in [3.8, 4) is 33.9 Å². The maximum atomic E-state index is 10.6. The zero-order valence-electron chi connectivity index (χ0n) is 18.5. The van der Waals surface area contributed by atoms with Gasteiger partial charge in [0, 0.05) is 11.5 Å². The van der Waals surface area contributed by atoms with Crippen molar-refractivity contribution in [1.29, 1.82) is 0 Å². The Balaban J connectivity index is 1.32. The fourth-order valence-electron chi connectivity index (χ4n) is 3.84. The molecule has 3 aromatic carbocycles. The topological polar surface area (TPSA) is 81.8 Å². The molecule has 35 heavy (non-hydrogen) atoms. The monoisotopic (exact) mass is 509 g/mol. The first kappa shape index (κ1) is 23.3. The fourth-order valence-corrected chi connectivity index (χ4v) is 4.41. The van der Waals surface area contributed by atoms with Gasteiger partial charge in [-0.3, -0.25) is 0 Å². The van der Waals surface area contributed by atoms with Gasteiger partial charge >= 0.3 is 5.97 Å². The minimum absolute atomic E-state index is 0.279. The highest BCUT2D eigenvalue weighted by molar-refractivity contribution is 6.39. The van der Waals surface area contributed by atoms with E-state index in [1.165, 1.54) is 0 Å². The summed E-state index contributed by atoms with van der Waals surface area (Å²) >= 11 is 12.9. The van der Waals surface area contributed by atoms with Crippen LogP contribution in [0.4, 0.5) is 0 Å². The molecule has 5 rings (SSSR count). The summed E-state index contributed by atoms with van der Waals surface area (Å²) in [5.41, 5.74) is 4.10. The molecule has 1 N–H and O–H groups in total. The molecule has 1 aliphatic carbocycles. The van der Waals surface area contributed by atoms with Gasteiger partial charge in [0.1, 0.15) is 29.6 Å². The van der Waals surface area contributed by atoms with E-state index in [9.17, 15) is 4.79 Å². The molecule has 1 heterocycles. The lowest BCUT2D eigenvalue weighted by Crippen LogP contribution is -2.09. The van der Waals surface area contributed by atoms with E-state index in [0.717, 1.165) is 35.3 Å². The SMILES string of the molecule is O=C(O)COc1ccc(-c2ccc(OCc3c(-c4c(Cl)cccc4Cl)noc3C3CC3)cc2)cc1. The highest BCUT2D eigenvalue weighted by atomic mass is 35.5. The van der Waals surface area contributed by atoms with Gasteiger partial charge in [0.15, 0.2) is 6.61 Å². The summed E-state index contributed by atoms with van der Waals surface area (Å²) < 4.78 is 17.0. The first-order chi connectivity index (χ1) is 17.0. The quantitative estimate of drug-likeness (QED) is 0.256. The van der Waals surface area contributed by atoms with Crippen LogP contribution in [0.15, 0.2) is 71.3 Å². The summed E-state index contributed by atoms with van der Waals surface area (Å²) in [7, 11) is 0. The number of hydrogen-bond acceptors (Lipinski definition) is 5. The molecule has 0 bridgehead atoms. The molecule has 0 saturated heterocycles. The second-order valence-electron chi connectivity index (χ2n) is 8.26. The molecular formula is C27H21Cl2NO5. The molecule has 0 unspecified atom stereocenters. The minimum Gasteiger partial charge on any atom is -0.489 e. The Morgan fingerprint density at radius 1 is 0.914 bits per heavy atom. The highest BCUT2D eigenvalue weighted by Gasteiger charge is 2.33. The molecule has 1 fully saturated rings. The summed E-state index contributed by atoms with van der Waals surface area (Å²) in [6.45, 7) is -0.0917. The largest absolute Gasteiger partial charge is 0.489 e. The lowest BCUT2D eigenvalue weighted by atomic mass is 10.0. The van der Waals surface area contributed by atoms with E-state index in [1.807, 2.05) is 36.4 Å². The summed E-state index contributed by atoms with van der Waals surface area (Å²) in [4.78, 5) is 10.6. The Hall–Kier alpha value is -3.48. The molecule has 178 valence electrons. The average molecular weight is 510 g/mol. The van der Waals surface area contributed by atoms with E-state index in [-0.39, 0.29) is 13.2 Å². The molecule has 0 atom stereocenters. The van der Waals surface area contributed by atoms with Crippen molar-refractivity contribution in [2.75, 3.05) is 6.61 Å². The molecule has 0 aliphatic heterocycles. The van der Waals surface area contributed by atoms with E-state index in [1.54, 1.807) is 30.3 Å². The smallest absolute Gasteiger partial charge is 0.341 e. The molecule has 4 aromatic rings. The number of aliphatic carboxylic acids is 1. The third-order valence-corrected chi connectivity index (χ3v) is 6.38. The standard InChI is InChI=1S/C27H21Cl2NO5/c28-22-2-1-3-23(29)25(22)26-21(27(35-30-26)18-4-5-18)14-33-19-10-6-16(7-11-19)17-8-12-20(13-9-17)34-15-24(31)32/h1-3,6-13,18H,4-5,14-15H2,(H,31,32). The Labute approximate surface area is 212 Å². The zero-order valence-corrected chi connectivity index (χ0v) is 20.1. The van der Waals surface area contributed by atoms with Gasteiger partial charge in [-0.15, -0.1) is 0 Å². The van der Waals surface area contributed by atoms with Crippen LogP contribution in [0.5, 0.6) is 11.5 Å². The highest BCUT2D eigenvalue weighted by Crippen LogP contribution is 2.46. The predicted octanol–water partition coefficient (Wildman–Crippen LogP) is 7.24. The average Bonchev–Trinajstić information content (AvgIpc) is 3.62. The van der Waals surface area contributed by atoms with Gasteiger partial charge in [0.25, 0.3) is 0 Å². The fraction of sp³-hybridized carbons (Fsp3) is 0.185. The summed E-state index contributed by atoms with van der Waals surface area (Å²) in [6, 6.07) is 20.3. The number of nitrogens with zero attached hydrogens (tertiary/aromatic N) is 1. The van der Waals surface area contributed by atoms with E-state index >= 15 is 0 Å². The summed E-state index contributed by atoms with van der Waals surface area (Å²) in [6.07, 6.45) is 2.12. The van der Waals surface area contributed by atoms with Crippen LogP contribution < -0.4 is 9.47 Å². The van der Waals surface area contributed by atoms with Crippen LogP contribution in [0.2, 0.25) is 10.0 Å². The van der Waals surface area contributed by atoms with E-state index in [0.29, 0.717) is 38.7 Å². The minimum atomic E-state index is -1.01. The molecule has 0 radical (unpaired) electrons. The Morgan fingerprint density at radius 3 is 2.03 bits per heavy atom. The van der Waals surface area contributed by atoms with Gasteiger partial charge < -0.3 is 19.1 Å². The first-order valence-electron chi connectivity index (χ1n) is 11.1. The Kier molecular flexibility index (Phi) is 6.66. The Morgan fingerprint density at radius 2 is 1.49 bits per heavy atom. The predicted molar refractivity (Wildman–Crippen MR) is 133 cm³/mol. The summed E-state index contributed by atoms with van der Waals surface area (Å²) in [5.74, 6) is 1.38. The third kappa shape index (κ3) is 5.29. The normalized spacial score (nSPS) is 13.0. The van der Waals surface area contributed by atoms with Crippen molar-refractivity contribution < 1.29 is 23.9 Å². The molecular weight excluding hydrogens is 489 g/mol. The van der Waals surface area contributed by atoms with Crippen LogP contribution in [0.1, 0.15) is 30.1 Å². The van der Waals surface area contributed by atoms with E-state index < -0.39 is 5.97 Å². The van der Waals surface area contributed by atoms with Crippen molar-refractivity contribution in [3.05, 3.63) is 88.1 Å². The van der Waals surface area contributed by atoms with Gasteiger partial charge in [-0.05, 0) is 60.4 Å². The molecule has 0 amide bonds. The third-order valence-electron chi connectivity index (χ3n) is 5.75. The lowest BCUT2D eigenvalue weighted by Gasteiger charge is -2.10. The zero-order chi connectivity index (χ0) is 24.4. The van der Waals surface area contributed by atoms with Crippen molar-refractivity contribution in [1.82, 2.24) is 5.16 Å². The van der Waals surface area contributed by atoms with E-state index in [2.05, 4.69) is 5.16 Å². The molecule has 8 heteroatoms. The number of carboxylic acid groups (broad SMARTS) is 1. The lowest BCUT2D eigenvalue weighted by molar-refractivity contribution is -0.139. The number of halogens is 2. The van der Waals surface area contributed by atoms with Crippen molar-refractivity contribution in [2.45, 2.75) is 25.4 Å². The van der Waals surface area contributed by atoms with Crippen molar-refractivity contribution >= 4 is 29.2 Å². The van der Waals surface area contributed by atoms with Gasteiger partial charge in [-0.2, -0.15) is 0 Å². The molecule has 6 nitrogen and oxygen atoms in total. The number of carboxylic acids is 1. The number of carbonyl (C=O) groups is 1. The van der Waals surface area contributed by atoms with Crippen LogP contribution >= 0.6 is 23.2 Å². The Bertz CT molecular complexity index is 1330. The maximum Gasteiger partial charge on any atom is 0.341 e. The number of aromatic nitrogens is 1. The van der Waals surface area contributed by atoms with Gasteiger partial charge in [0.05, 0.1) is 15.6 Å². The number of ether oxygens (including phenoxy) is 2. The van der Waals surface area contributed by atoms with E-state index in [4.69, 9.17) is 42.3 Å². The van der Waals surface area contributed by atoms with Gasteiger partial charge in [-0.1, -0.05) is 58.7 Å². The maximum absolute atomic E-state index is 10.6. The number of rotatable bonds is 9. The second-order valence-corrected chi connectivity index (χ2v) is 9.08. The van der Waals surface area contributed by atoms with Crippen LogP contribution in [-0.4, -0.2) is 22.8 Å². The molecule has 1 aliphatic rings. The van der Waals surface area contributed by atoms with Crippen LogP contribution in [0.3, 0.4) is 0 Å². The molecule has 1 aromatic heterocycles. The molecule has 1 saturated carbocycles. The van der Waals surface area contributed by atoms with Crippen LogP contribution in [-0.2, 0) is 11.4 Å². The van der Waals surface area contributed by atoms with Gasteiger partial charge in [-0.25, -0.2) is 4.79 Å². The summed E-state index contributed by atoms with van der Waals surface area (Å²) in [5, 5.41) is 14.0. The van der Waals surface area contributed by atoms with Crippen molar-refractivity contribution in [2.24, 2.45) is 0 Å². The van der Waals surface area contributed by atoms with Crippen LogP contribution in [0.25, 0.3) is 22.4 Å². The molecule has 0 spiro atoms. The van der Waals surface area contributed by atoms with Crippen LogP contribution in [0, 0.1) is 0 Å². The van der Waals surface area contributed by atoms with Crippen molar-refractivity contribution in [3.63, 3.8) is 0 Å². The van der Waals surface area contributed by atoms with Gasteiger partial charge in [0.2, 0.25) is 0 Å². The number of hydrogen-bond donors (Lipinski definition) is 1. The number of benzene rings is 3.